The predicted octanol–water partition coefficient (Wildman–Crippen LogP) is 4.38. The van der Waals surface area contributed by atoms with Crippen LogP contribution in [-0.2, 0) is 6.54 Å². The minimum Gasteiger partial charge on any atom is -0.312 e. The van der Waals surface area contributed by atoms with Gasteiger partial charge in [0.15, 0.2) is 0 Å². The van der Waals surface area contributed by atoms with Crippen molar-refractivity contribution in [3.8, 4) is 0 Å². The van der Waals surface area contributed by atoms with E-state index in [0.717, 1.165) is 22.6 Å². The highest BCUT2D eigenvalue weighted by molar-refractivity contribution is 9.10. The van der Waals surface area contributed by atoms with Crippen LogP contribution >= 0.6 is 27.5 Å². The monoisotopic (exact) mass is 301 g/mol. The number of halogens is 2. The molecule has 1 aliphatic carbocycles. The Kier molecular flexibility index (Phi) is 3.93. The molecule has 2 rings (SSSR count). The van der Waals surface area contributed by atoms with E-state index >= 15 is 0 Å². The van der Waals surface area contributed by atoms with Gasteiger partial charge in [0.25, 0.3) is 0 Å². The van der Waals surface area contributed by atoms with Gasteiger partial charge in [-0.2, -0.15) is 0 Å². The molecule has 0 atom stereocenters. The van der Waals surface area contributed by atoms with Crippen molar-refractivity contribution in [2.45, 2.75) is 32.7 Å². The molecule has 1 nitrogen and oxygen atoms in total. The fourth-order valence-electron chi connectivity index (χ4n) is 1.96. The molecule has 0 bridgehead atoms. The van der Waals surface area contributed by atoms with E-state index in [4.69, 9.17) is 11.6 Å². The number of nitrogens with one attached hydrogen (secondary N) is 1. The van der Waals surface area contributed by atoms with Crippen LogP contribution in [0.1, 0.15) is 31.7 Å². The Labute approximate surface area is 111 Å². The fourth-order valence-corrected chi connectivity index (χ4v) is 2.70. The molecular weight excluding hydrogens is 286 g/mol. The van der Waals surface area contributed by atoms with E-state index in [2.05, 4.69) is 34.2 Å². The molecule has 0 aromatic heterocycles. The summed E-state index contributed by atoms with van der Waals surface area (Å²) >= 11 is 9.57. The second-order valence-electron chi connectivity index (χ2n) is 4.69. The number of hydrogen-bond donors (Lipinski definition) is 1. The van der Waals surface area contributed by atoms with E-state index in [9.17, 15) is 0 Å². The zero-order valence-electron chi connectivity index (χ0n) is 9.52. The van der Waals surface area contributed by atoms with E-state index in [1.54, 1.807) is 0 Å². The van der Waals surface area contributed by atoms with Crippen LogP contribution in [0, 0.1) is 5.41 Å². The molecule has 1 aromatic carbocycles. The highest BCUT2D eigenvalue weighted by atomic mass is 79.9. The highest BCUT2D eigenvalue weighted by Gasteiger charge is 2.39. The topological polar surface area (TPSA) is 12.0 Å². The van der Waals surface area contributed by atoms with E-state index in [1.165, 1.54) is 24.8 Å². The van der Waals surface area contributed by atoms with Crippen molar-refractivity contribution < 1.29 is 0 Å². The van der Waals surface area contributed by atoms with Crippen LogP contribution in [-0.4, -0.2) is 6.54 Å². The second-order valence-corrected chi connectivity index (χ2v) is 6.02. The minimum atomic E-state index is 0.599. The van der Waals surface area contributed by atoms with Crippen molar-refractivity contribution in [2.75, 3.05) is 6.54 Å². The predicted molar refractivity (Wildman–Crippen MR) is 72.8 cm³/mol. The Balaban J connectivity index is 1.85. The Morgan fingerprint density at radius 2 is 2.19 bits per heavy atom. The Bertz CT molecular complexity index is 374. The van der Waals surface area contributed by atoms with Gasteiger partial charge in [0.05, 0.1) is 0 Å². The molecule has 16 heavy (non-hydrogen) atoms. The third-order valence-electron chi connectivity index (χ3n) is 3.54. The van der Waals surface area contributed by atoms with Crippen molar-refractivity contribution in [1.29, 1.82) is 0 Å². The summed E-state index contributed by atoms with van der Waals surface area (Å²) in [6.07, 6.45) is 4.04. The van der Waals surface area contributed by atoms with Gasteiger partial charge in [0, 0.05) is 22.6 Å². The molecule has 0 heterocycles. The highest BCUT2D eigenvalue weighted by Crippen LogP contribution is 2.47. The van der Waals surface area contributed by atoms with Crippen LogP contribution in [0.2, 0.25) is 5.02 Å². The summed E-state index contributed by atoms with van der Waals surface area (Å²) in [6, 6.07) is 6.06. The summed E-state index contributed by atoms with van der Waals surface area (Å²) < 4.78 is 1.04. The average Bonchev–Trinajstić information content (AvgIpc) is 3.02. The first-order valence-corrected chi connectivity index (χ1v) is 6.97. The van der Waals surface area contributed by atoms with Gasteiger partial charge in [-0.25, -0.2) is 0 Å². The summed E-state index contributed by atoms with van der Waals surface area (Å²) in [5.41, 5.74) is 1.78. The maximum absolute atomic E-state index is 6.16. The van der Waals surface area contributed by atoms with E-state index < -0.39 is 0 Å². The van der Waals surface area contributed by atoms with Gasteiger partial charge in [-0.3, -0.25) is 0 Å². The van der Waals surface area contributed by atoms with Crippen molar-refractivity contribution in [2.24, 2.45) is 5.41 Å². The van der Waals surface area contributed by atoms with Crippen LogP contribution in [0.25, 0.3) is 0 Å². The molecule has 88 valence electrons. The molecule has 3 heteroatoms. The molecule has 1 aromatic rings. The summed E-state index contributed by atoms with van der Waals surface area (Å²) in [4.78, 5) is 0. The molecule has 0 spiro atoms. The molecule has 1 fully saturated rings. The van der Waals surface area contributed by atoms with Crippen LogP contribution in [0.3, 0.4) is 0 Å². The summed E-state index contributed by atoms with van der Waals surface area (Å²) in [5, 5.41) is 4.35. The molecular formula is C13H17BrClN. The molecule has 0 unspecified atom stereocenters. The van der Waals surface area contributed by atoms with Crippen LogP contribution in [0.5, 0.6) is 0 Å². The van der Waals surface area contributed by atoms with E-state index in [0.29, 0.717) is 5.41 Å². The first-order valence-electron chi connectivity index (χ1n) is 5.80. The fraction of sp³-hybridized carbons (Fsp3) is 0.538. The van der Waals surface area contributed by atoms with Gasteiger partial charge in [-0.15, -0.1) is 0 Å². The third-order valence-corrected chi connectivity index (χ3v) is 4.38. The molecule has 1 saturated carbocycles. The molecule has 0 amide bonds. The van der Waals surface area contributed by atoms with Crippen LogP contribution < -0.4 is 5.32 Å². The van der Waals surface area contributed by atoms with E-state index in [1.807, 2.05) is 12.1 Å². The lowest BCUT2D eigenvalue weighted by atomic mass is 10.0. The Morgan fingerprint density at radius 1 is 1.44 bits per heavy atom. The molecule has 0 radical (unpaired) electrons. The number of hydrogen-bond acceptors (Lipinski definition) is 1. The summed E-state index contributed by atoms with van der Waals surface area (Å²) in [5.74, 6) is 0. The largest absolute Gasteiger partial charge is 0.312 e. The van der Waals surface area contributed by atoms with Gasteiger partial charge in [-0.05, 0) is 42.4 Å². The van der Waals surface area contributed by atoms with Crippen molar-refractivity contribution >= 4 is 27.5 Å². The molecule has 1 aliphatic rings. The van der Waals surface area contributed by atoms with Gasteiger partial charge < -0.3 is 5.32 Å². The second kappa shape index (κ2) is 5.07. The number of benzene rings is 1. The molecule has 0 aliphatic heterocycles. The van der Waals surface area contributed by atoms with Crippen molar-refractivity contribution in [3.05, 3.63) is 33.3 Å². The van der Waals surface area contributed by atoms with E-state index in [-0.39, 0.29) is 0 Å². The van der Waals surface area contributed by atoms with Gasteiger partial charge in [-0.1, -0.05) is 40.5 Å². The van der Waals surface area contributed by atoms with Crippen molar-refractivity contribution in [3.63, 3.8) is 0 Å². The lowest BCUT2D eigenvalue weighted by molar-refractivity contribution is 0.443. The van der Waals surface area contributed by atoms with Crippen molar-refractivity contribution in [1.82, 2.24) is 5.32 Å². The molecule has 0 saturated heterocycles. The third kappa shape index (κ3) is 2.99. The average molecular weight is 303 g/mol. The van der Waals surface area contributed by atoms with Gasteiger partial charge in [0.2, 0.25) is 0 Å². The first kappa shape index (κ1) is 12.4. The number of rotatable bonds is 5. The summed E-state index contributed by atoms with van der Waals surface area (Å²) in [7, 11) is 0. The van der Waals surface area contributed by atoms with Crippen LogP contribution in [0.15, 0.2) is 22.7 Å². The lowest BCUT2D eigenvalue weighted by Gasteiger charge is -2.14. The van der Waals surface area contributed by atoms with Gasteiger partial charge in [0.1, 0.15) is 0 Å². The Hall–Kier alpha value is -0.0500. The maximum atomic E-state index is 6.16. The lowest BCUT2D eigenvalue weighted by Crippen LogP contribution is -2.23. The maximum Gasteiger partial charge on any atom is 0.0462 e. The zero-order valence-corrected chi connectivity index (χ0v) is 11.9. The zero-order chi connectivity index (χ0) is 11.6. The molecule has 1 N–H and O–H groups in total. The first-order chi connectivity index (χ1) is 7.65. The smallest absolute Gasteiger partial charge is 0.0462 e. The van der Waals surface area contributed by atoms with Crippen LogP contribution in [0.4, 0.5) is 0 Å². The Morgan fingerprint density at radius 3 is 2.75 bits per heavy atom. The normalized spacial score (nSPS) is 17.4. The summed E-state index contributed by atoms with van der Waals surface area (Å²) in [6.45, 7) is 4.27. The quantitative estimate of drug-likeness (QED) is 0.851. The van der Waals surface area contributed by atoms with Gasteiger partial charge >= 0.3 is 0 Å². The SMILES string of the molecule is CCC1(CNCc2ccc(Br)cc2Cl)CC1. The minimum absolute atomic E-state index is 0.599. The standard InChI is InChI=1S/C13H17BrClN/c1-2-13(5-6-13)9-16-8-10-3-4-11(14)7-12(10)15/h3-4,7,16H,2,5-6,8-9H2,1H3.